The van der Waals surface area contributed by atoms with E-state index in [1.807, 2.05) is 31.4 Å². The normalized spacial score (nSPS) is 10.7. The summed E-state index contributed by atoms with van der Waals surface area (Å²) in [5.74, 6) is 0.808. The van der Waals surface area contributed by atoms with Crippen LogP contribution in [-0.2, 0) is 26.6 Å². The summed E-state index contributed by atoms with van der Waals surface area (Å²) in [7, 11) is 0. The largest absolute Gasteiger partial charge is 0.465 e. The van der Waals surface area contributed by atoms with Crippen molar-refractivity contribution in [1.29, 1.82) is 0 Å². The van der Waals surface area contributed by atoms with E-state index in [2.05, 4.69) is 25.5 Å². The number of carbonyl (C=O) groups is 2. The number of hydrogen-bond donors (Lipinski definition) is 1. The lowest BCUT2D eigenvalue weighted by Crippen LogP contribution is -2.31. The minimum absolute atomic E-state index is 0.133. The topological polar surface area (TPSA) is 112 Å². The van der Waals surface area contributed by atoms with Gasteiger partial charge in [-0.15, -0.1) is 10.2 Å². The second kappa shape index (κ2) is 11.0. The lowest BCUT2D eigenvalue weighted by atomic mass is 10.4. The Morgan fingerprint density at radius 1 is 1.14 bits per heavy atom. The van der Waals surface area contributed by atoms with Crippen molar-refractivity contribution in [3.05, 3.63) is 23.3 Å². The fourth-order valence-corrected chi connectivity index (χ4v) is 4.04. The highest BCUT2D eigenvalue weighted by atomic mass is 32.2. The van der Waals surface area contributed by atoms with Crippen molar-refractivity contribution >= 4 is 35.4 Å². The summed E-state index contributed by atoms with van der Waals surface area (Å²) in [6, 6.07) is 1.93. The van der Waals surface area contributed by atoms with Crippen molar-refractivity contribution in [1.82, 2.24) is 30.0 Å². The number of aryl methyl sites for hydroxylation is 2. The van der Waals surface area contributed by atoms with Gasteiger partial charge in [0.1, 0.15) is 12.4 Å². The fraction of sp³-hybridized carbons (Fsp3) is 0.529. The van der Waals surface area contributed by atoms with Crippen LogP contribution in [0.2, 0.25) is 0 Å². The van der Waals surface area contributed by atoms with Crippen molar-refractivity contribution in [2.24, 2.45) is 0 Å². The second-order valence-electron chi connectivity index (χ2n) is 5.74. The van der Waals surface area contributed by atoms with Gasteiger partial charge in [0.25, 0.3) is 0 Å². The van der Waals surface area contributed by atoms with E-state index in [1.165, 1.54) is 23.5 Å². The second-order valence-corrected chi connectivity index (χ2v) is 7.62. The molecule has 2 aromatic heterocycles. The minimum Gasteiger partial charge on any atom is -0.465 e. The van der Waals surface area contributed by atoms with Gasteiger partial charge in [-0.1, -0.05) is 23.5 Å². The summed E-state index contributed by atoms with van der Waals surface area (Å²) in [6.45, 7) is 8.43. The molecule has 28 heavy (non-hydrogen) atoms. The Kier molecular flexibility index (Phi) is 8.71. The van der Waals surface area contributed by atoms with Crippen LogP contribution in [0.15, 0.2) is 16.4 Å². The van der Waals surface area contributed by atoms with E-state index >= 15 is 0 Å². The van der Waals surface area contributed by atoms with Crippen LogP contribution in [0.4, 0.5) is 0 Å². The standard InChI is InChI=1S/C17H24N6O3S2/c1-5-23-13(9-27-16-19-11(3)7-12(4)20-16)21-22-17(23)28-10-14(24)18-8-15(25)26-6-2/h7H,5-6,8-10H2,1-4H3,(H,18,24). The molecule has 152 valence electrons. The van der Waals surface area contributed by atoms with E-state index in [0.717, 1.165) is 17.2 Å². The highest BCUT2D eigenvalue weighted by Crippen LogP contribution is 2.22. The van der Waals surface area contributed by atoms with Crippen molar-refractivity contribution in [3.8, 4) is 0 Å². The number of amides is 1. The van der Waals surface area contributed by atoms with Gasteiger partial charge < -0.3 is 14.6 Å². The average molecular weight is 425 g/mol. The Bertz CT molecular complexity index is 807. The van der Waals surface area contributed by atoms with Gasteiger partial charge in [-0.3, -0.25) is 9.59 Å². The Labute approximate surface area is 172 Å². The number of nitrogens with zero attached hydrogens (tertiary/aromatic N) is 5. The first-order valence-corrected chi connectivity index (χ1v) is 10.8. The van der Waals surface area contributed by atoms with Gasteiger partial charge in [-0.2, -0.15) is 0 Å². The van der Waals surface area contributed by atoms with Gasteiger partial charge >= 0.3 is 5.97 Å². The molecule has 2 aromatic rings. The SMILES string of the molecule is CCOC(=O)CNC(=O)CSc1nnc(CSc2nc(C)cc(C)n2)n1CC. The zero-order valence-corrected chi connectivity index (χ0v) is 18.0. The van der Waals surface area contributed by atoms with E-state index in [-0.39, 0.29) is 24.8 Å². The number of thioether (sulfide) groups is 2. The molecule has 0 aliphatic rings. The highest BCUT2D eigenvalue weighted by Gasteiger charge is 2.14. The van der Waals surface area contributed by atoms with Crippen LogP contribution < -0.4 is 5.32 Å². The molecule has 0 spiro atoms. The molecule has 0 saturated heterocycles. The van der Waals surface area contributed by atoms with Gasteiger partial charge in [-0.05, 0) is 33.8 Å². The third-order valence-electron chi connectivity index (χ3n) is 3.47. The summed E-state index contributed by atoms with van der Waals surface area (Å²) in [5, 5.41) is 12.3. The Hall–Kier alpha value is -2.14. The van der Waals surface area contributed by atoms with Gasteiger partial charge in [0.2, 0.25) is 5.91 Å². The van der Waals surface area contributed by atoms with E-state index in [0.29, 0.717) is 22.6 Å². The fourth-order valence-electron chi connectivity index (χ4n) is 2.30. The maximum atomic E-state index is 11.9. The molecule has 0 atom stereocenters. The maximum absolute atomic E-state index is 11.9. The first-order chi connectivity index (χ1) is 13.4. The van der Waals surface area contributed by atoms with Gasteiger partial charge in [0.15, 0.2) is 10.3 Å². The molecule has 0 saturated carbocycles. The van der Waals surface area contributed by atoms with Gasteiger partial charge in [0.05, 0.1) is 18.1 Å². The Balaban J connectivity index is 1.90. The van der Waals surface area contributed by atoms with E-state index < -0.39 is 5.97 Å². The van der Waals surface area contributed by atoms with Crippen LogP contribution in [0, 0.1) is 13.8 Å². The zero-order valence-electron chi connectivity index (χ0n) is 16.4. The summed E-state index contributed by atoms with van der Waals surface area (Å²) < 4.78 is 6.73. The van der Waals surface area contributed by atoms with Gasteiger partial charge in [0, 0.05) is 17.9 Å². The third-order valence-corrected chi connectivity index (χ3v) is 5.28. The Morgan fingerprint density at radius 2 is 1.86 bits per heavy atom. The molecule has 2 rings (SSSR count). The number of rotatable bonds is 10. The third kappa shape index (κ3) is 6.79. The van der Waals surface area contributed by atoms with Crippen molar-refractivity contribution in [2.75, 3.05) is 18.9 Å². The number of nitrogens with one attached hydrogen (secondary N) is 1. The molecular weight excluding hydrogens is 400 g/mol. The summed E-state index contributed by atoms with van der Waals surface area (Å²) in [4.78, 5) is 32.0. The summed E-state index contributed by atoms with van der Waals surface area (Å²) in [5.41, 5.74) is 1.86. The Morgan fingerprint density at radius 3 is 2.50 bits per heavy atom. The molecular formula is C17H24N6O3S2. The predicted octanol–water partition coefficient (Wildman–Crippen LogP) is 1.77. The van der Waals surface area contributed by atoms with Gasteiger partial charge in [-0.25, -0.2) is 9.97 Å². The first kappa shape index (κ1) is 22.2. The molecule has 0 aliphatic carbocycles. The molecule has 0 aliphatic heterocycles. The van der Waals surface area contributed by atoms with E-state index in [4.69, 9.17) is 4.74 Å². The molecule has 0 bridgehead atoms. The van der Waals surface area contributed by atoms with Crippen LogP contribution in [0.3, 0.4) is 0 Å². The number of aromatic nitrogens is 5. The lowest BCUT2D eigenvalue weighted by Gasteiger charge is -2.08. The van der Waals surface area contributed by atoms with Crippen LogP contribution in [0.5, 0.6) is 0 Å². The number of hydrogen-bond acceptors (Lipinski definition) is 9. The number of carbonyl (C=O) groups excluding carboxylic acids is 2. The van der Waals surface area contributed by atoms with Crippen LogP contribution in [0.25, 0.3) is 0 Å². The molecule has 0 aromatic carbocycles. The van der Waals surface area contributed by atoms with Crippen molar-refractivity contribution in [2.45, 2.75) is 50.3 Å². The molecule has 0 fully saturated rings. The van der Waals surface area contributed by atoms with E-state index in [9.17, 15) is 9.59 Å². The molecule has 2 heterocycles. The maximum Gasteiger partial charge on any atom is 0.325 e. The molecule has 9 nitrogen and oxygen atoms in total. The van der Waals surface area contributed by atoms with E-state index in [1.54, 1.807) is 6.92 Å². The average Bonchev–Trinajstić information content (AvgIpc) is 3.04. The predicted molar refractivity (Wildman–Crippen MR) is 107 cm³/mol. The van der Waals surface area contributed by atoms with Crippen LogP contribution in [-0.4, -0.2) is 55.5 Å². The molecule has 1 amide bonds. The highest BCUT2D eigenvalue weighted by molar-refractivity contribution is 7.99. The van der Waals surface area contributed by atoms with Crippen molar-refractivity contribution < 1.29 is 14.3 Å². The molecule has 0 unspecified atom stereocenters. The smallest absolute Gasteiger partial charge is 0.325 e. The molecule has 11 heteroatoms. The number of esters is 1. The van der Waals surface area contributed by atoms with Crippen molar-refractivity contribution in [3.63, 3.8) is 0 Å². The zero-order chi connectivity index (χ0) is 20.5. The first-order valence-electron chi connectivity index (χ1n) is 8.85. The quantitative estimate of drug-likeness (QED) is 0.346. The summed E-state index contributed by atoms with van der Waals surface area (Å²) >= 11 is 2.78. The van der Waals surface area contributed by atoms with Crippen LogP contribution >= 0.6 is 23.5 Å². The minimum atomic E-state index is -0.453. The number of ether oxygens (including phenoxy) is 1. The summed E-state index contributed by atoms with van der Waals surface area (Å²) in [6.07, 6.45) is 0. The lowest BCUT2D eigenvalue weighted by molar-refractivity contribution is -0.143. The monoisotopic (exact) mass is 424 g/mol. The molecule has 0 radical (unpaired) electrons. The molecule has 1 N–H and O–H groups in total. The van der Waals surface area contributed by atoms with Crippen LogP contribution in [0.1, 0.15) is 31.1 Å².